The fourth-order valence-electron chi connectivity index (χ4n) is 2.92. The number of carbonyl (C=O) groups is 1. The molecule has 0 aliphatic carbocycles. The van der Waals surface area contributed by atoms with Gasteiger partial charge in [0.2, 0.25) is 5.91 Å². The van der Waals surface area contributed by atoms with Gasteiger partial charge >= 0.3 is 0 Å². The van der Waals surface area contributed by atoms with Gasteiger partial charge in [0.05, 0.1) is 25.9 Å². The topological polar surface area (TPSA) is 178 Å². The Kier molecular flexibility index (Phi) is 7.08. The van der Waals surface area contributed by atoms with Crippen LogP contribution < -0.4 is 5.32 Å². The second-order valence-corrected chi connectivity index (χ2v) is 6.15. The molecular weight excluding hydrogens is 342 g/mol. The number of aliphatic hydroxyl groups excluding tert-OH is 6. The van der Waals surface area contributed by atoms with Gasteiger partial charge in [0, 0.05) is 6.92 Å². The number of ether oxygens (including phenoxy) is 3. The Morgan fingerprint density at radius 2 is 1.68 bits per heavy atom. The van der Waals surface area contributed by atoms with Crippen LogP contribution in [0.3, 0.4) is 0 Å². The zero-order valence-electron chi connectivity index (χ0n) is 13.6. The predicted octanol–water partition coefficient (Wildman–Crippen LogP) is -4.57. The second kappa shape index (κ2) is 8.66. The second-order valence-electron chi connectivity index (χ2n) is 6.15. The highest BCUT2D eigenvalue weighted by molar-refractivity contribution is 5.73. The summed E-state index contributed by atoms with van der Waals surface area (Å²) in [4.78, 5) is 11.2. The Balaban J connectivity index is 2.12. The van der Waals surface area contributed by atoms with Gasteiger partial charge in [-0.05, 0) is 0 Å². The summed E-state index contributed by atoms with van der Waals surface area (Å²) in [5.41, 5.74) is 0. The van der Waals surface area contributed by atoms with Crippen LogP contribution in [0, 0.1) is 0 Å². The molecule has 7 N–H and O–H groups in total. The summed E-state index contributed by atoms with van der Waals surface area (Å²) >= 11 is 0. The molecule has 1 amide bonds. The van der Waals surface area contributed by atoms with Gasteiger partial charge in [-0.2, -0.15) is 0 Å². The molecule has 2 heterocycles. The molecule has 11 nitrogen and oxygen atoms in total. The molecule has 0 radical (unpaired) electrons. The smallest absolute Gasteiger partial charge is 0.217 e. The first-order valence-corrected chi connectivity index (χ1v) is 7.93. The average Bonchev–Trinajstić information content (AvgIpc) is 2.58. The zero-order valence-corrected chi connectivity index (χ0v) is 13.6. The normalized spacial score (nSPS) is 45.2. The van der Waals surface area contributed by atoms with Crippen LogP contribution in [0.15, 0.2) is 0 Å². The van der Waals surface area contributed by atoms with Crippen molar-refractivity contribution in [2.75, 3.05) is 19.8 Å². The molecule has 0 aromatic heterocycles. The third-order valence-corrected chi connectivity index (χ3v) is 4.31. The van der Waals surface area contributed by atoms with E-state index in [1.54, 1.807) is 0 Å². The van der Waals surface area contributed by atoms with E-state index >= 15 is 0 Å². The van der Waals surface area contributed by atoms with Gasteiger partial charge in [0.25, 0.3) is 0 Å². The zero-order chi connectivity index (χ0) is 18.7. The molecule has 0 saturated carbocycles. The van der Waals surface area contributed by atoms with Crippen molar-refractivity contribution in [2.45, 2.75) is 62.0 Å². The van der Waals surface area contributed by atoms with Crippen molar-refractivity contribution in [3.63, 3.8) is 0 Å². The Hall–Kier alpha value is -0.890. The molecule has 2 aliphatic heterocycles. The fourth-order valence-corrected chi connectivity index (χ4v) is 2.92. The molecule has 2 rings (SSSR count). The molecule has 2 fully saturated rings. The fraction of sp³-hybridized carbons (Fsp3) is 0.929. The number of hydrogen-bond donors (Lipinski definition) is 7. The van der Waals surface area contributed by atoms with Crippen molar-refractivity contribution in [2.24, 2.45) is 0 Å². The summed E-state index contributed by atoms with van der Waals surface area (Å²) in [6.07, 6.45) is -11.0. The van der Waals surface area contributed by atoms with Crippen molar-refractivity contribution in [1.29, 1.82) is 0 Å². The van der Waals surface area contributed by atoms with Crippen LogP contribution >= 0.6 is 0 Å². The van der Waals surface area contributed by atoms with Gasteiger partial charge < -0.3 is 50.2 Å². The van der Waals surface area contributed by atoms with Gasteiger partial charge in [0.1, 0.15) is 42.7 Å². The van der Waals surface area contributed by atoms with E-state index in [1.165, 1.54) is 6.92 Å². The van der Waals surface area contributed by atoms with E-state index in [2.05, 4.69) is 5.32 Å². The van der Waals surface area contributed by atoms with E-state index in [9.17, 15) is 35.4 Å². The Labute approximate surface area is 143 Å². The molecule has 2 saturated heterocycles. The van der Waals surface area contributed by atoms with Crippen LogP contribution in [-0.2, 0) is 19.0 Å². The molecule has 0 spiro atoms. The average molecular weight is 367 g/mol. The summed E-state index contributed by atoms with van der Waals surface area (Å²) in [6.45, 7) is 0.0667. The maximum absolute atomic E-state index is 11.2. The van der Waals surface area contributed by atoms with Crippen LogP contribution in [0.2, 0.25) is 0 Å². The molecule has 25 heavy (non-hydrogen) atoms. The van der Waals surface area contributed by atoms with Crippen molar-refractivity contribution in [3.8, 4) is 0 Å². The number of carbonyl (C=O) groups excluding carboxylic acids is 1. The maximum Gasteiger partial charge on any atom is 0.217 e. The van der Waals surface area contributed by atoms with E-state index in [0.717, 1.165) is 0 Å². The highest BCUT2D eigenvalue weighted by Crippen LogP contribution is 2.27. The lowest BCUT2D eigenvalue weighted by Crippen LogP contribution is -2.64. The lowest BCUT2D eigenvalue weighted by atomic mass is 9.96. The first-order chi connectivity index (χ1) is 11.8. The Morgan fingerprint density at radius 3 is 2.24 bits per heavy atom. The molecule has 6 unspecified atom stereocenters. The minimum Gasteiger partial charge on any atom is -0.394 e. The van der Waals surface area contributed by atoms with Gasteiger partial charge in [-0.25, -0.2) is 0 Å². The highest BCUT2D eigenvalue weighted by atomic mass is 16.7. The first-order valence-electron chi connectivity index (χ1n) is 7.93. The summed E-state index contributed by atoms with van der Waals surface area (Å²) in [6, 6.07) is -0.810. The van der Waals surface area contributed by atoms with Gasteiger partial charge in [-0.1, -0.05) is 0 Å². The molecule has 146 valence electrons. The number of hydrogen-bond acceptors (Lipinski definition) is 10. The summed E-state index contributed by atoms with van der Waals surface area (Å²) in [7, 11) is 0. The van der Waals surface area contributed by atoms with Crippen molar-refractivity contribution >= 4 is 5.91 Å². The summed E-state index contributed by atoms with van der Waals surface area (Å²) in [5, 5.41) is 61.0. The van der Waals surface area contributed by atoms with Crippen molar-refractivity contribution < 1.29 is 49.6 Å². The molecule has 2 aliphatic rings. The van der Waals surface area contributed by atoms with E-state index in [0.29, 0.717) is 0 Å². The first kappa shape index (κ1) is 20.4. The van der Waals surface area contributed by atoms with Crippen LogP contribution in [-0.4, -0.2) is 111 Å². The molecule has 11 heteroatoms. The van der Waals surface area contributed by atoms with E-state index in [4.69, 9.17) is 14.2 Å². The summed E-state index contributed by atoms with van der Waals surface area (Å²) < 4.78 is 16.1. The highest BCUT2D eigenvalue weighted by Gasteiger charge is 2.48. The van der Waals surface area contributed by atoms with Crippen molar-refractivity contribution in [3.05, 3.63) is 0 Å². The van der Waals surface area contributed by atoms with Crippen molar-refractivity contribution in [1.82, 2.24) is 5.32 Å². The number of aliphatic hydroxyl groups is 6. The van der Waals surface area contributed by atoms with Gasteiger partial charge in [-0.15, -0.1) is 0 Å². The number of amides is 1. The molecule has 0 aromatic carbocycles. The third kappa shape index (κ3) is 4.45. The van der Waals surface area contributed by atoms with Gasteiger partial charge in [-0.3, -0.25) is 4.79 Å². The van der Waals surface area contributed by atoms with E-state index in [-0.39, 0.29) is 6.61 Å². The minimum atomic E-state index is -1.66. The van der Waals surface area contributed by atoms with Crippen LogP contribution in [0.4, 0.5) is 0 Å². The van der Waals surface area contributed by atoms with Crippen LogP contribution in [0.25, 0.3) is 0 Å². The molecule has 9 atom stereocenters. The lowest BCUT2D eigenvalue weighted by molar-refractivity contribution is -0.332. The molecule has 0 bridgehead atoms. The monoisotopic (exact) mass is 367 g/mol. The summed E-state index contributed by atoms with van der Waals surface area (Å²) in [5.74, 6) is -0.401. The Morgan fingerprint density at radius 1 is 1.04 bits per heavy atom. The molecular formula is C14H25NO10. The van der Waals surface area contributed by atoms with Crippen LogP contribution in [0.5, 0.6) is 0 Å². The SMILES string of the molecule is CC(=O)NC1COC(CO)[C@@H](O[C@@H]2OC(CO)[C@H](O)C(O)C2O)C1O. The van der Waals surface area contributed by atoms with E-state index < -0.39 is 74.2 Å². The quantitative estimate of drug-likeness (QED) is 0.250. The maximum atomic E-state index is 11.2. The lowest BCUT2D eigenvalue weighted by Gasteiger charge is -2.45. The predicted molar refractivity (Wildman–Crippen MR) is 79.1 cm³/mol. The minimum absolute atomic E-state index is 0.0550. The number of nitrogens with one attached hydrogen (secondary N) is 1. The molecule has 0 aromatic rings. The standard InChI is InChI=1S/C14H25NO10/c1-5(18)15-6-4-23-8(3-17)13(9(6)19)25-14-12(22)11(21)10(20)7(2-16)24-14/h6-14,16-17,19-22H,2-4H2,1H3,(H,15,18)/t6?,7?,8?,9?,10-,11?,12?,13+,14-/m0/s1. The third-order valence-electron chi connectivity index (χ3n) is 4.31. The van der Waals surface area contributed by atoms with Gasteiger partial charge in [0.15, 0.2) is 6.29 Å². The van der Waals surface area contributed by atoms with E-state index in [1.807, 2.05) is 0 Å². The number of rotatable bonds is 5. The van der Waals surface area contributed by atoms with Crippen LogP contribution in [0.1, 0.15) is 6.92 Å². The largest absolute Gasteiger partial charge is 0.394 e. The Bertz CT molecular complexity index is 449.